The van der Waals surface area contributed by atoms with Gasteiger partial charge in [0.1, 0.15) is 11.5 Å². The fourth-order valence-corrected chi connectivity index (χ4v) is 10.1. The second kappa shape index (κ2) is 12.4. The van der Waals surface area contributed by atoms with Crippen molar-refractivity contribution < 1.29 is 4.74 Å². The molecule has 0 spiro atoms. The van der Waals surface area contributed by atoms with Gasteiger partial charge in [-0.25, -0.2) is 0 Å². The first-order valence-corrected chi connectivity index (χ1v) is 20.3. The number of ether oxygens (including phenoxy) is 1. The number of hydrogen-bond donors (Lipinski definition) is 0. The smallest absolute Gasteiger partial charge is 0.336 e. The van der Waals surface area contributed by atoms with Crippen molar-refractivity contribution in [2.24, 2.45) is 0 Å². The van der Waals surface area contributed by atoms with Gasteiger partial charge in [0.15, 0.2) is 0 Å². The monoisotopic (exact) mass is 751 g/mol. The van der Waals surface area contributed by atoms with E-state index in [1.165, 1.54) is 65.8 Å². The van der Waals surface area contributed by atoms with Crippen LogP contribution in [0.1, 0.15) is 0 Å². The van der Waals surface area contributed by atoms with Crippen LogP contribution < -0.4 is 20.5 Å². The Bertz CT molecular complexity index is 3400. The molecule has 59 heavy (non-hydrogen) atoms. The first kappa shape index (κ1) is 32.3. The fraction of sp³-hybridized carbons (Fsp3) is 0. The highest BCUT2D eigenvalue weighted by molar-refractivity contribution is 6.92. The zero-order valence-corrected chi connectivity index (χ0v) is 32.0. The molecule has 0 saturated carbocycles. The van der Waals surface area contributed by atoms with Crippen molar-refractivity contribution in [1.82, 2.24) is 9.13 Å². The van der Waals surface area contributed by atoms with Crippen molar-refractivity contribution in [3.8, 4) is 45.1 Å². The normalized spacial score (nSPS) is 12.8. The van der Waals surface area contributed by atoms with Crippen molar-refractivity contribution in [3.05, 3.63) is 206 Å². The molecule has 4 nitrogen and oxygen atoms in total. The van der Waals surface area contributed by atoms with Crippen molar-refractivity contribution >= 4 is 72.8 Å². The largest absolute Gasteiger partial charge is 0.458 e. The minimum atomic E-state index is -0.116. The van der Waals surface area contributed by atoms with Crippen LogP contribution >= 0.6 is 0 Å². The van der Waals surface area contributed by atoms with Crippen molar-refractivity contribution in [3.63, 3.8) is 0 Å². The summed E-state index contributed by atoms with van der Waals surface area (Å²) in [5, 5.41) is 4.98. The molecule has 5 heteroatoms. The van der Waals surface area contributed by atoms with E-state index in [1.807, 2.05) is 0 Å². The number of benzene rings is 9. The molecule has 0 unspecified atom stereocenters. The topological polar surface area (TPSA) is 22.3 Å². The molecule has 274 valence electrons. The van der Waals surface area contributed by atoms with E-state index in [1.54, 1.807) is 0 Å². The van der Waals surface area contributed by atoms with Gasteiger partial charge in [-0.15, -0.1) is 0 Å². The minimum Gasteiger partial charge on any atom is -0.458 e. The zero-order chi connectivity index (χ0) is 38.6. The van der Waals surface area contributed by atoms with Crippen LogP contribution in [-0.4, -0.2) is 16.0 Å². The Kier molecular flexibility index (Phi) is 6.78. The van der Waals surface area contributed by atoms with E-state index >= 15 is 0 Å². The Hall–Kier alpha value is -7.76. The van der Waals surface area contributed by atoms with Gasteiger partial charge in [0.05, 0.1) is 33.4 Å². The molecular formula is C54H34BN3O. The number of rotatable bonds is 4. The second-order valence-electron chi connectivity index (χ2n) is 15.6. The molecule has 0 radical (unpaired) electrons. The highest BCUT2D eigenvalue weighted by Gasteiger charge is 2.44. The molecule has 0 fully saturated rings. The Labute approximate surface area is 341 Å². The van der Waals surface area contributed by atoms with E-state index in [-0.39, 0.29) is 6.85 Å². The van der Waals surface area contributed by atoms with Gasteiger partial charge in [-0.05, 0) is 77.3 Å². The number of anilines is 2. The third kappa shape index (κ3) is 4.61. The predicted molar refractivity (Wildman–Crippen MR) is 246 cm³/mol. The lowest BCUT2D eigenvalue weighted by Gasteiger charge is -2.42. The lowest BCUT2D eigenvalue weighted by Crippen LogP contribution is -2.59. The summed E-state index contributed by atoms with van der Waals surface area (Å²) in [6, 6.07) is 74.9. The zero-order valence-electron chi connectivity index (χ0n) is 32.0. The number of nitrogens with zero attached hydrogens (tertiary/aromatic N) is 3. The van der Waals surface area contributed by atoms with Gasteiger partial charge < -0.3 is 18.7 Å². The average molecular weight is 752 g/mol. The maximum Gasteiger partial charge on any atom is 0.336 e. The van der Waals surface area contributed by atoms with Gasteiger partial charge >= 0.3 is 6.85 Å². The number of aromatic nitrogens is 2. The molecular weight excluding hydrogens is 717 g/mol. The van der Waals surface area contributed by atoms with Crippen LogP contribution in [0.25, 0.3) is 77.2 Å². The van der Waals surface area contributed by atoms with Crippen LogP contribution in [0.2, 0.25) is 0 Å². The van der Waals surface area contributed by atoms with Crippen LogP contribution in [0.3, 0.4) is 0 Å². The molecule has 11 aromatic rings. The summed E-state index contributed by atoms with van der Waals surface area (Å²) < 4.78 is 11.8. The average Bonchev–Trinajstić information content (AvgIpc) is 3.82. The number of fused-ring (bicyclic) bond motifs is 10. The van der Waals surface area contributed by atoms with Crippen LogP contribution in [0.4, 0.5) is 11.4 Å². The summed E-state index contributed by atoms with van der Waals surface area (Å²) in [7, 11) is 0. The quantitative estimate of drug-likeness (QED) is 0.167. The lowest BCUT2D eigenvalue weighted by molar-refractivity contribution is 0.487. The summed E-state index contributed by atoms with van der Waals surface area (Å²) in [5.74, 6) is 1.77. The van der Waals surface area contributed by atoms with E-state index in [4.69, 9.17) is 4.74 Å². The van der Waals surface area contributed by atoms with Gasteiger partial charge in [-0.3, -0.25) is 0 Å². The van der Waals surface area contributed by atoms with Crippen molar-refractivity contribution in [2.75, 3.05) is 4.81 Å². The van der Waals surface area contributed by atoms with E-state index in [2.05, 4.69) is 220 Å². The predicted octanol–water partition coefficient (Wildman–Crippen LogP) is 12.6. The summed E-state index contributed by atoms with van der Waals surface area (Å²) in [6.45, 7) is -0.116. The van der Waals surface area contributed by atoms with Crippen LogP contribution in [0.15, 0.2) is 206 Å². The molecule has 0 N–H and O–H groups in total. The Morgan fingerprint density at radius 1 is 0.356 bits per heavy atom. The molecule has 0 bridgehead atoms. The minimum absolute atomic E-state index is 0.116. The molecule has 2 aliphatic heterocycles. The van der Waals surface area contributed by atoms with E-state index in [9.17, 15) is 0 Å². The van der Waals surface area contributed by atoms with Crippen LogP contribution in [0.5, 0.6) is 11.5 Å². The van der Waals surface area contributed by atoms with E-state index in [0.29, 0.717) is 0 Å². The summed E-state index contributed by atoms with van der Waals surface area (Å²) in [6.07, 6.45) is 0. The maximum absolute atomic E-state index is 6.96. The van der Waals surface area contributed by atoms with Gasteiger partial charge in [-0.2, -0.15) is 0 Å². The summed E-state index contributed by atoms with van der Waals surface area (Å²) >= 11 is 0. The van der Waals surface area contributed by atoms with Crippen LogP contribution in [-0.2, 0) is 0 Å². The van der Waals surface area contributed by atoms with Crippen LogP contribution in [0, 0.1) is 0 Å². The first-order valence-electron chi connectivity index (χ1n) is 20.3. The third-order valence-corrected chi connectivity index (χ3v) is 12.5. The molecule has 2 aliphatic rings. The Morgan fingerprint density at radius 2 is 0.915 bits per heavy atom. The molecule has 0 amide bonds. The van der Waals surface area contributed by atoms with E-state index < -0.39 is 0 Å². The first-order chi connectivity index (χ1) is 29.3. The van der Waals surface area contributed by atoms with E-state index in [0.717, 1.165) is 45.3 Å². The van der Waals surface area contributed by atoms with Crippen molar-refractivity contribution in [1.29, 1.82) is 0 Å². The highest BCUT2D eigenvalue weighted by atomic mass is 16.5. The SMILES string of the molecule is c1ccc(N2B3c4ccccc4Oc4cc(-n5c6ccccc6c6ccccc65)cc(c43)-c3ccc(-c4ccccc4-n4c5ccccc5c5ccccc54)cc32)cc1. The summed E-state index contributed by atoms with van der Waals surface area (Å²) in [4.78, 5) is 2.54. The number of para-hydroxylation sites is 7. The third-order valence-electron chi connectivity index (χ3n) is 12.5. The summed E-state index contributed by atoms with van der Waals surface area (Å²) in [5.41, 5.74) is 16.3. The second-order valence-corrected chi connectivity index (χ2v) is 15.6. The van der Waals surface area contributed by atoms with Gasteiger partial charge in [-0.1, -0.05) is 140 Å². The fourth-order valence-electron chi connectivity index (χ4n) is 10.1. The van der Waals surface area contributed by atoms with Crippen molar-refractivity contribution in [2.45, 2.75) is 0 Å². The Balaban J connectivity index is 1.10. The molecule has 2 aromatic heterocycles. The lowest BCUT2D eigenvalue weighted by atomic mass is 9.44. The molecule has 9 aromatic carbocycles. The van der Waals surface area contributed by atoms with Gasteiger partial charge in [0.25, 0.3) is 0 Å². The maximum atomic E-state index is 6.96. The molecule has 0 saturated heterocycles. The van der Waals surface area contributed by atoms with Gasteiger partial charge in [0.2, 0.25) is 0 Å². The molecule has 4 heterocycles. The Morgan fingerprint density at radius 3 is 1.59 bits per heavy atom. The molecule has 0 aliphatic carbocycles. The standard InChI is InChI=1S/C54H34BN3O/c1-2-16-36(17-3-1)58-51-32-35(38-18-4-10-24-46(38)57-49-27-13-7-21-41(49)42-22-8-14-28-50(42)57)30-31-43(51)44-33-37(34-53-54(44)55(58)45-23-9-15-29-52(45)59-53)56-47-25-11-5-19-39(47)40-20-6-12-26-48(40)56/h1-34H. The van der Waals surface area contributed by atoms with Gasteiger partial charge in [0, 0.05) is 55.6 Å². The molecule has 13 rings (SSSR count). The number of hydrogen-bond acceptors (Lipinski definition) is 2. The molecule has 0 atom stereocenters. The highest BCUT2D eigenvalue weighted by Crippen LogP contribution is 2.47.